The van der Waals surface area contributed by atoms with Gasteiger partial charge in [0.2, 0.25) is 0 Å². The molecule has 0 bridgehead atoms. The van der Waals surface area contributed by atoms with Gasteiger partial charge in [0.25, 0.3) is 5.91 Å². The second-order valence-electron chi connectivity index (χ2n) is 9.09. The zero-order valence-corrected chi connectivity index (χ0v) is 18.0. The SMILES string of the molecule is O=C(Nc1ccccc1)c1cnn2c(C3CCCN(CC4CCCCC4)C3)ccnc12. The van der Waals surface area contributed by atoms with Crippen LogP contribution in [-0.2, 0) is 0 Å². The smallest absolute Gasteiger partial charge is 0.261 e. The third-order valence-corrected chi connectivity index (χ3v) is 6.87. The first-order chi connectivity index (χ1) is 15.3. The van der Waals surface area contributed by atoms with Crippen molar-refractivity contribution >= 4 is 17.2 Å². The van der Waals surface area contributed by atoms with Crippen molar-refractivity contribution in [2.75, 3.05) is 25.0 Å². The summed E-state index contributed by atoms with van der Waals surface area (Å²) >= 11 is 0. The number of carbonyl (C=O) groups is 1. The van der Waals surface area contributed by atoms with Crippen molar-refractivity contribution in [3.05, 3.63) is 60.0 Å². The van der Waals surface area contributed by atoms with Crippen LogP contribution in [0.25, 0.3) is 5.65 Å². The Balaban J connectivity index is 1.33. The van der Waals surface area contributed by atoms with E-state index >= 15 is 0 Å². The lowest BCUT2D eigenvalue weighted by Crippen LogP contribution is -2.38. The van der Waals surface area contributed by atoms with Gasteiger partial charge in [-0.15, -0.1) is 0 Å². The maximum absolute atomic E-state index is 12.8. The summed E-state index contributed by atoms with van der Waals surface area (Å²) < 4.78 is 1.88. The number of piperidine rings is 1. The van der Waals surface area contributed by atoms with E-state index in [0.29, 0.717) is 17.1 Å². The summed E-state index contributed by atoms with van der Waals surface area (Å²) in [6, 6.07) is 11.6. The Labute approximate surface area is 183 Å². The number of nitrogens with zero attached hydrogens (tertiary/aromatic N) is 4. The van der Waals surface area contributed by atoms with Crippen molar-refractivity contribution in [1.29, 1.82) is 0 Å². The van der Waals surface area contributed by atoms with E-state index in [1.54, 1.807) is 6.20 Å². The molecule has 0 spiro atoms. The molecule has 1 N–H and O–H groups in total. The Bertz CT molecular complexity index is 1020. The fourth-order valence-electron chi connectivity index (χ4n) is 5.30. The van der Waals surface area contributed by atoms with Gasteiger partial charge in [-0.3, -0.25) is 4.79 Å². The number of fused-ring (bicyclic) bond motifs is 1. The summed E-state index contributed by atoms with van der Waals surface area (Å²) in [4.78, 5) is 20.0. The van der Waals surface area contributed by atoms with Crippen molar-refractivity contribution in [3.63, 3.8) is 0 Å². The first-order valence-corrected chi connectivity index (χ1v) is 11.7. The number of rotatable bonds is 5. The number of carbonyl (C=O) groups excluding carboxylic acids is 1. The maximum Gasteiger partial charge on any atom is 0.261 e. The maximum atomic E-state index is 12.8. The quantitative estimate of drug-likeness (QED) is 0.651. The Morgan fingerprint density at radius 2 is 1.87 bits per heavy atom. The van der Waals surface area contributed by atoms with Crippen LogP contribution in [0.2, 0.25) is 0 Å². The highest BCUT2D eigenvalue weighted by Gasteiger charge is 2.27. The molecule has 5 rings (SSSR count). The third kappa shape index (κ3) is 4.49. The van der Waals surface area contributed by atoms with E-state index in [0.717, 1.165) is 30.3 Å². The number of nitrogens with one attached hydrogen (secondary N) is 1. The fraction of sp³-hybridized carbons (Fsp3) is 0.480. The molecule has 1 unspecified atom stereocenters. The van der Waals surface area contributed by atoms with E-state index in [2.05, 4.69) is 26.4 Å². The van der Waals surface area contributed by atoms with Gasteiger partial charge in [-0.2, -0.15) is 5.10 Å². The van der Waals surface area contributed by atoms with Gasteiger partial charge in [0, 0.05) is 30.9 Å². The number of benzene rings is 1. The molecule has 6 nitrogen and oxygen atoms in total. The van der Waals surface area contributed by atoms with Gasteiger partial charge in [0.1, 0.15) is 5.56 Å². The topological polar surface area (TPSA) is 62.5 Å². The molecule has 0 radical (unpaired) electrons. The normalized spacial score (nSPS) is 20.7. The Hall–Kier alpha value is -2.73. The van der Waals surface area contributed by atoms with Gasteiger partial charge in [-0.05, 0) is 56.3 Å². The number of hydrogen-bond acceptors (Lipinski definition) is 4. The summed E-state index contributed by atoms with van der Waals surface area (Å²) in [5.74, 6) is 1.11. The van der Waals surface area contributed by atoms with Crippen LogP contribution >= 0.6 is 0 Å². The van der Waals surface area contributed by atoms with Gasteiger partial charge in [-0.25, -0.2) is 9.50 Å². The highest BCUT2D eigenvalue weighted by atomic mass is 16.1. The van der Waals surface area contributed by atoms with Crippen molar-refractivity contribution in [2.45, 2.75) is 50.9 Å². The minimum atomic E-state index is -0.173. The summed E-state index contributed by atoms with van der Waals surface area (Å²) in [6.07, 6.45) is 12.8. The van der Waals surface area contributed by atoms with Crippen LogP contribution in [0.5, 0.6) is 0 Å². The summed E-state index contributed by atoms with van der Waals surface area (Å²) in [5, 5.41) is 7.52. The minimum absolute atomic E-state index is 0.173. The monoisotopic (exact) mass is 417 g/mol. The second kappa shape index (κ2) is 9.18. The molecule has 2 fully saturated rings. The highest BCUT2D eigenvalue weighted by molar-refractivity contribution is 6.08. The predicted molar refractivity (Wildman–Crippen MR) is 122 cm³/mol. The molecule has 1 saturated heterocycles. The van der Waals surface area contributed by atoms with Crippen LogP contribution in [-0.4, -0.2) is 45.0 Å². The van der Waals surface area contributed by atoms with Gasteiger partial charge < -0.3 is 10.2 Å². The van der Waals surface area contributed by atoms with Gasteiger partial charge in [0.05, 0.1) is 11.9 Å². The van der Waals surface area contributed by atoms with E-state index in [1.807, 2.05) is 41.0 Å². The van der Waals surface area contributed by atoms with Crippen molar-refractivity contribution < 1.29 is 4.79 Å². The third-order valence-electron chi connectivity index (χ3n) is 6.87. The molecule has 2 aromatic heterocycles. The number of likely N-dealkylation sites (tertiary alicyclic amines) is 1. The van der Waals surface area contributed by atoms with Crippen LogP contribution < -0.4 is 5.32 Å². The zero-order valence-electron chi connectivity index (χ0n) is 18.0. The van der Waals surface area contributed by atoms with Crippen molar-refractivity contribution in [1.82, 2.24) is 19.5 Å². The molecule has 1 aromatic carbocycles. The van der Waals surface area contributed by atoms with Crippen molar-refractivity contribution in [3.8, 4) is 0 Å². The van der Waals surface area contributed by atoms with Crippen LogP contribution in [0, 0.1) is 5.92 Å². The largest absolute Gasteiger partial charge is 0.322 e. The number of para-hydroxylation sites is 1. The zero-order chi connectivity index (χ0) is 21.0. The van der Waals surface area contributed by atoms with Crippen molar-refractivity contribution in [2.24, 2.45) is 5.92 Å². The van der Waals surface area contributed by atoms with E-state index in [1.165, 1.54) is 51.6 Å². The van der Waals surface area contributed by atoms with E-state index in [4.69, 9.17) is 0 Å². The minimum Gasteiger partial charge on any atom is -0.322 e. The standard InChI is InChI=1S/C25H31N5O/c31-25(28-21-11-5-2-6-12-21)22-16-27-30-23(13-14-26-24(22)30)20-10-7-15-29(18-20)17-19-8-3-1-4-9-19/h2,5-6,11-14,16,19-20H,1,3-4,7-10,15,17-18H2,(H,28,31). The van der Waals surface area contributed by atoms with Gasteiger partial charge in [0.15, 0.2) is 5.65 Å². The molecule has 31 heavy (non-hydrogen) atoms. The van der Waals surface area contributed by atoms with Crippen LogP contribution in [0.4, 0.5) is 5.69 Å². The average Bonchev–Trinajstić information content (AvgIpc) is 3.25. The van der Waals surface area contributed by atoms with Gasteiger partial charge >= 0.3 is 0 Å². The lowest BCUT2D eigenvalue weighted by Gasteiger charge is -2.36. The molecule has 1 amide bonds. The highest BCUT2D eigenvalue weighted by Crippen LogP contribution is 2.30. The fourth-order valence-corrected chi connectivity index (χ4v) is 5.30. The molecule has 1 aliphatic heterocycles. The van der Waals surface area contributed by atoms with Crippen LogP contribution in [0.15, 0.2) is 48.8 Å². The lowest BCUT2D eigenvalue weighted by atomic mass is 9.87. The van der Waals surface area contributed by atoms with Crippen LogP contribution in [0.1, 0.15) is 66.9 Å². The summed E-state index contributed by atoms with van der Waals surface area (Å²) in [7, 11) is 0. The second-order valence-corrected chi connectivity index (χ2v) is 9.09. The molecule has 1 saturated carbocycles. The Morgan fingerprint density at radius 1 is 1.03 bits per heavy atom. The summed E-state index contributed by atoms with van der Waals surface area (Å²) in [6.45, 7) is 3.50. The summed E-state index contributed by atoms with van der Waals surface area (Å²) in [5.41, 5.74) is 3.08. The van der Waals surface area contributed by atoms with Gasteiger partial charge in [-0.1, -0.05) is 37.5 Å². The molecule has 1 aliphatic carbocycles. The Morgan fingerprint density at radius 3 is 2.71 bits per heavy atom. The molecule has 2 aliphatic rings. The molecule has 6 heteroatoms. The molecular weight excluding hydrogens is 386 g/mol. The molecule has 3 aromatic rings. The lowest BCUT2D eigenvalue weighted by molar-refractivity contribution is 0.102. The predicted octanol–water partition coefficient (Wildman–Crippen LogP) is 4.74. The van der Waals surface area contributed by atoms with E-state index in [9.17, 15) is 4.79 Å². The van der Waals surface area contributed by atoms with E-state index in [-0.39, 0.29) is 5.91 Å². The Kier molecular flexibility index (Phi) is 5.98. The first-order valence-electron chi connectivity index (χ1n) is 11.7. The molecule has 1 atom stereocenters. The number of amides is 1. The number of anilines is 1. The molecule has 3 heterocycles. The molecular formula is C25H31N5O. The van der Waals surface area contributed by atoms with Crippen LogP contribution in [0.3, 0.4) is 0 Å². The number of aromatic nitrogens is 3. The van der Waals surface area contributed by atoms with E-state index < -0.39 is 0 Å². The number of hydrogen-bond donors (Lipinski definition) is 1. The first kappa shape index (κ1) is 20.2. The molecule has 162 valence electrons. The average molecular weight is 418 g/mol.